The SMILES string of the molecule is C[C@@H](CN)NC(=O)C1CCCN1Cc1ccccc1.Cl.Cl. The van der Waals surface area contributed by atoms with Gasteiger partial charge < -0.3 is 11.1 Å². The lowest BCUT2D eigenvalue weighted by Crippen LogP contribution is -2.47. The highest BCUT2D eigenvalue weighted by Gasteiger charge is 2.30. The average Bonchev–Trinajstić information content (AvgIpc) is 2.88. The molecule has 0 spiro atoms. The second kappa shape index (κ2) is 10.0. The average molecular weight is 334 g/mol. The van der Waals surface area contributed by atoms with Crippen LogP contribution >= 0.6 is 24.8 Å². The van der Waals surface area contributed by atoms with Gasteiger partial charge in [0.1, 0.15) is 0 Å². The molecular weight excluding hydrogens is 309 g/mol. The first kappa shape index (κ1) is 20.2. The normalized spacial score (nSPS) is 19.2. The summed E-state index contributed by atoms with van der Waals surface area (Å²) in [6, 6.07) is 10.3. The summed E-state index contributed by atoms with van der Waals surface area (Å²) < 4.78 is 0. The number of likely N-dealkylation sites (tertiary alicyclic amines) is 1. The molecule has 2 atom stereocenters. The van der Waals surface area contributed by atoms with Crippen LogP contribution in [0.2, 0.25) is 0 Å². The van der Waals surface area contributed by atoms with Crippen molar-refractivity contribution < 1.29 is 4.79 Å². The number of amides is 1. The molecule has 1 fully saturated rings. The Bertz CT molecular complexity index is 417. The van der Waals surface area contributed by atoms with Crippen LogP contribution < -0.4 is 11.1 Å². The topological polar surface area (TPSA) is 58.4 Å². The first-order valence-electron chi connectivity index (χ1n) is 6.99. The predicted molar refractivity (Wildman–Crippen MR) is 91.0 cm³/mol. The van der Waals surface area contributed by atoms with Gasteiger partial charge in [0.15, 0.2) is 0 Å². The molecule has 1 saturated heterocycles. The minimum atomic E-state index is -0.00536. The number of carbonyl (C=O) groups excluding carboxylic acids is 1. The van der Waals surface area contributed by atoms with Gasteiger partial charge in [-0.05, 0) is 31.9 Å². The smallest absolute Gasteiger partial charge is 0.237 e. The van der Waals surface area contributed by atoms with Crippen molar-refractivity contribution in [2.75, 3.05) is 13.1 Å². The lowest BCUT2D eigenvalue weighted by Gasteiger charge is -2.25. The molecule has 0 aliphatic carbocycles. The van der Waals surface area contributed by atoms with Gasteiger partial charge in [-0.1, -0.05) is 30.3 Å². The van der Waals surface area contributed by atoms with Crippen molar-refractivity contribution in [3.05, 3.63) is 35.9 Å². The zero-order valence-electron chi connectivity index (χ0n) is 12.3. The summed E-state index contributed by atoms with van der Waals surface area (Å²) in [6.45, 7) is 4.26. The number of nitrogens with one attached hydrogen (secondary N) is 1. The van der Waals surface area contributed by atoms with Crippen molar-refractivity contribution in [1.29, 1.82) is 0 Å². The number of hydrogen-bond donors (Lipinski definition) is 2. The summed E-state index contributed by atoms with van der Waals surface area (Å²) in [7, 11) is 0. The van der Waals surface area contributed by atoms with Crippen molar-refractivity contribution >= 4 is 30.7 Å². The Morgan fingerprint density at radius 1 is 1.38 bits per heavy atom. The molecule has 3 N–H and O–H groups in total. The molecule has 21 heavy (non-hydrogen) atoms. The van der Waals surface area contributed by atoms with Crippen LogP contribution in [-0.2, 0) is 11.3 Å². The number of rotatable bonds is 5. The van der Waals surface area contributed by atoms with E-state index in [2.05, 4.69) is 22.3 Å². The van der Waals surface area contributed by atoms with Gasteiger partial charge in [-0.15, -0.1) is 24.8 Å². The van der Waals surface area contributed by atoms with Gasteiger partial charge in [-0.25, -0.2) is 0 Å². The van der Waals surface area contributed by atoms with Gasteiger partial charge in [0.2, 0.25) is 5.91 Å². The molecule has 0 aromatic heterocycles. The van der Waals surface area contributed by atoms with E-state index in [0.717, 1.165) is 25.9 Å². The number of halogens is 2. The monoisotopic (exact) mass is 333 g/mol. The number of nitrogens with two attached hydrogens (primary N) is 1. The maximum absolute atomic E-state index is 12.2. The fourth-order valence-electron chi connectivity index (χ4n) is 2.53. The zero-order chi connectivity index (χ0) is 13.7. The maximum Gasteiger partial charge on any atom is 0.237 e. The molecule has 1 aromatic carbocycles. The van der Waals surface area contributed by atoms with E-state index in [0.29, 0.717) is 6.54 Å². The van der Waals surface area contributed by atoms with E-state index >= 15 is 0 Å². The minimum absolute atomic E-state index is 0. The number of carbonyl (C=O) groups is 1. The molecule has 1 unspecified atom stereocenters. The van der Waals surface area contributed by atoms with Crippen LogP contribution in [0.5, 0.6) is 0 Å². The van der Waals surface area contributed by atoms with Crippen LogP contribution in [-0.4, -0.2) is 36.0 Å². The Morgan fingerprint density at radius 3 is 2.67 bits per heavy atom. The number of benzene rings is 1. The first-order chi connectivity index (χ1) is 9.20. The van der Waals surface area contributed by atoms with Gasteiger partial charge in [-0.2, -0.15) is 0 Å². The molecule has 0 radical (unpaired) electrons. The van der Waals surface area contributed by atoms with Crippen molar-refractivity contribution in [2.24, 2.45) is 5.73 Å². The molecule has 1 aliphatic heterocycles. The minimum Gasteiger partial charge on any atom is -0.351 e. The molecule has 0 bridgehead atoms. The molecule has 4 nitrogen and oxygen atoms in total. The molecule has 0 saturated carbocycles. The molecule has 120 valence electrons. The number of nitrogens with zero attached hydrogens (tertiary/aromatic N) is 1. The standard InChI is InChI=1S/C15H23N3O.2ClH/c1-12(10-16)17-15(19)14-8-5-9-18(14)11-13-6-3-2-4-7-13;;/h2-4,6-7,12,14H,5,8-11,16H2,1H3,(H,17,19);2*1H/t12-,14?;;/m0../s1. The second-order valence-electron chi connectivity index (χ2n) is 5.26. The highest BCUT2D eigenvalue weighted by atomic mass is 35.5. The van der Waals surface area contributed by atoms with Crippen molar-refractivity contribution in [1.82, 2.24) is 10.2 Å². The molecule has 1 aromatic rings. The van der Waals surface area contributed by atoms with E-state index < -0.39 is 0 Å². The molecular formula is C15H25Cl2N3O. The molecule has 1 amide bonds. The van der Waals surface area contributed by atoms with Gasteiger partial charge in [0.05, 0.1) is 6.04 Å². The summed E-state index contributed by atoms with van der Waals surface area (Å²) in [4.78, 5) is 14.5. The quantitative estimate of drug-likeness (QED) is 0.865. The molecule has 2 rings (SSSR count). The fourth-order valence-corrected chi connectivity index (χ4v) is 2.53. The summed E-state index contributed by atoms with van der Waals surface area (Å²) in [5, 5.41) is 2.98. The van der Waals surface area contributed by atoms with Gasteiger partial charge >= 0.3 is 0 Å². The Labute approximate surface area is 139 Å². The Morgan fingerprint density at radius 2 is 2.05 bits per heavy atom. The van der Waals surface area contributed by atoms with Gasteiger partial charge in [-0.3, -0.25) is 9.69 Å². The second-order valence-corrected chi connectivity index (χ2v) is 5.26. The number of hydrogen-bond acceptors (Lipinski definition) is 3. The molecule has 6 heteroatoms. The summed E-state index contributed by atoms with van der Waals surface area (Å²) in [5.74, 6) is 0.117. The lowest BCUT2D eigenvalue weighted by molar-refractivity contribution is -0.126. The largest absolute Gasteiger partial charge is 0.351 e. The molecule has 1 heterocycles. The van der Waals surface area contributed by atoms with E-state index in [1.165, 1.54) is 5.56 Å². The van der Waals surface area contributed by atoms with Crippen LogP contribution in [0.15, 0.2) is 30.3 Å². The van der Waals surface area contributed by atoms with E-state index in [1.807, 2.05) is 25.1 Å². The fraction of sp³-hybridized carbons (Fsp3) is 0.533. The van der Waals surface area contributed by atoms with Crippen molar-refractivity contribution in [3.63, 3.8) is 0 Å². The maximum atomic E-state index is 12.2. The third-order valence-electron chi connectivity index (χ3n) is 3.64. The van der Waals surface area contributed by atoms with Gasteiger partial charge in [0, 0.05) is 19.1 Å². The Balaban J connectivity index is 0.00000200. The van der Waals surface area contributed by atoms with Crippen LogP contribution in [0, 0.1) is 0 Å². The van der Waals surface area contributed by atoms with Gasteiger partial charge in [0.25, 0.3) is 0 Å². The summed E-state index contributed by atoms with van der Waals surface area (Å²) in [6.07, 6.45) is 2.03. The Kier molecular flexibility index (Phi) is 9.62. The Hall–Kier alpha value is -0.810. The van der Waals surface area contributed by atoms with E-state index in [4.69, 9.17) is 5.73 Å². The van der Waals surface area contributed by atoms with Crippen LogP contribution in [0.25, 0.3) is 0 Å². The summed E-state index contributed by atoms with van der Waals surface area (Å²) in [5.41, 5.74) is 6.81. The third-order valence-corrected chi connectivity index (χ3v) is 3.64. The van der Waals surface area contributed by atoms with E-state index in [1.54, 1.807) is 0 Å². The van der Waals surface area contributed by atoms with Crippen LogP contribution in [0.4, 0.5) is 0 Å². The van der Waals surface area contributed by atoms with Crippen LogP contribution in [0.3, 0.4) is 0 Å². The highest BCUT2D eigenvalue weighted by molar-refractivity contribution is 5.85. The first-order valence-corrected chi connectivity index (χ1v) is 6.99. The molecule has 1 aliphatic rings. The highest BCUT2D eigenvalue weighted by Crippen LogP contribution is 2.20. The van der Waals surface area contributed by atoms with Crippen molar-refractivity contribution in [2.45, 2.75) is 38.4 Å². The predicted octanol–water partition coefficient (Wildman–Crippen LogP) is 1.96. The van der Waals surface area contributed by atoms with Crippen LogP contribution in [0.1, 0.15) is 25.3 Å². The van der Waals surface area contributed by atoms with E-state index in [9.17, 15) is 4.79 Å². The third kappa shape index (κ3) is 5.83. The summed E-state index contributed by atoms with van der Waals surface area (Å²) >= 11 is 0. The van der Waals surface area contributed by atoms with Crippen molar-refractivity contribution in [3.8, 4) is 0 Å². The van der Waals surface area contributed by atoms with E-state index in [-0.39, 0.29) is 42.8 Å². The zero-order valence-corrected chi connectivity index (χ0v) is 14.0. The lowest BCUT2D eigenvalue weighted by atomic mass is 10.1.